The maximum absolute atomic E-state index is 14.0. The van der Waals surface area contributed by atoms with Gasteiger partial charge in [-0.3, -0.25) is 0 Å². The molecule has 2 aromatic rings. The summed E-state index contributed by atoms with van der Waals surface area (Å²) >= 11 is 5.99. The lowest BCUT2D eigenvalue weighted by Gasteiger charge is -2.16. The van der Waals surface area contributed by atoms with Crippen molar-refractivity contribution in [2.75, 3.05) is 0 Å². The van der Waals surface area contributed by atoms with E-state index in [1.807, 2.05) is 0 Å². The van der Waals surface area contributed by atoms with Crippen LogP contribution in [0.5, 0.6) is 0 Å². The molecule has 0 aliphatic heterocycles. The molecule has 0 aliphatic carbocycles. The van der Waals surface area contributed by atoms with Crippen molar-refractivity contribution in [1.29, 1.82) is 0 Å². The van der Waals surface area contributed by atoms with E-state index in [1.54, 1.807) is 31.2 Å². The van der Waals surface area contributed by atoms with Gasteiger partial charge in [0.1, 0.15) is 11.6 Å². The van der Waals surface area contributed by atoms with E-state index in [4.69, 9.17) is 17.3 Å². The summed E-state index contributed by atoms with van der Waals surface area (Å²) in [4.78, 5) is 0. The maximum atomic E-state index is 14.0. The molecule has 0 spiro atoms. The van der Waals surface area contributed by atoms with Gasteiger partial charge in [0.05, 0.1) is 6.04 Å². The number of halogens is 3. The van der Waals surface area contributed by atoms with Gasteiger partial charge in [-0.1, -0.05) is 35.9 Å². The van der Waals surface area contributed by atoms with Gasteiger partial charge in [-0.15, -0.1) is 0 Å². The quantitative estimate of drug-likeness (QED) is 0.875. The lowest BCUT2D eigenvalue weighted by Crippen LogP contribution is -2.16. The fourth-order valence-corrected chi connectivity index (χ4v) is 2.10. The Hall–Kier alpha value is -1.45. The van der Waals surface area contributed by atoms with Gasteiger partial charge in [0, 0.05) is 10.6 Å². The van der Waals surface area contributed by atoms with Gasteiger partial charge in [0.15, 0.2) is 0 Å². The van der Waals surface area contributed by atoms with Crippen molar-refractivity contribution in [3.05, 3.63) is 69.7 Å². The van der Waals surface area contributed by atoms with Crippen molar-refractivity contribution < 1.29 is 8.78 Å². The molecule has 1 nitrogen and oxygen atoms in total. The van der Waals surface area contributed by atoms with Crippen molar-refractivity contribution in [3.8, 4) is 0 Å². The van der Waals surface area contributed by atoms with Crippen LogP contribution in [0.2, 0.25) is 5.02 Å². The SMILES string of the molecule is Cc1ccc(F)c(C(N)c2ccccc2Cl)c1F. The molecular formula is C14H12ClF2N. The first-order valence-electron chi connectivity index (χ1n) is 5.47. The summed E-state index contributed by atoms with van der Waals surface area (Å²) in [5.41, 5.74) is 6.63. The third-order valence-corrected chi connectivity index (χ3v) is 3.22. The zero-order chi connectivity index (χ0) is 13.3. The van der Waals surface area contributed by atoms with Crippen molar-refractivity contribution in [2.45, 2.75) is 13.0 Å². The summed E-state index contributed by atoms with van der Waals surface area (Å²) in [6.45, 7) is 1.57. The molecule has 0 amide bonds. The Kier molecular flexibility index (Phi) is 3.64. The minimum atomic E-state index is -0.918. The van der Waals surface area contributed by atoms with Crippen LogP contribution in [0.4, 0.5) is 8.78 Å². The fourth-order valence-electron chi connectivity index (χ4n) is 1.85. The van der Waals surface area contributed by atoms with Crippen LogP contribution < -0.4 is 5.73 Å². The van der Waals surface area contributed by atoms with Gasteiger partial charge >= 0.3 is 0 Å². The summed E-state index contributed by atoms with van der Waals surface area (Å²) in [6.07, 6.45) is 0. The number of aryl methyl sites for hydroxylation is 1. The predicted octanol–water partition coefficient (Wildman–Crippen LogP) is 3.97. The summed E-state index contributed by atoms with van der Waals surface area (Å²) in [7, 11) is 0. The molecule has 2 rings (SSSR count). The van der Waals surface area contributed by atoms with E-state index >= 15 is 0 Å². The van der Waals surface area contributed by atoms with Gasteiger partial charge < -0.3 is 5.73 Å². The first-order valence-corrected chi connectivity index (χ1v) is 5.84. The fraction of sp³-hybridized carbons (Fsp3) is 0.143. The van der Waals surface area contributed by atoms with Crippen molar-refractivity contribution >= 4 is 11.6 Å². The van der Waals surface area contributed by atoms with Crippen LogP contribution in [0.25, 0.3) is 0 Å². The number of hydrogen-bond acceptors (Lipinski definition) is 1. The molecule has 0 aromatic heterocycles. The Labute approximate surface area is 109 Å². The molecular weight excluding hydrogens is 256 g/mol. The molecule has 0 radical (unpaired) electrons. The highest BCUT2D eigenvalue weighted by molar-refractivity contribution is 6.31. The van der Waals surface area contributed by atoms with E-state index in [0.29, 0.717) is 16.1 Å². The van der Waals surface area contributed by atoms with E-state index < -0.39 is 17.7 Å². The monoisotopic (exact) mass is 267 g/mol. The minimum absolute atomic E-state index is 0.150. The molecule has 2 aromatic carbocycles. The van der Waals surface area contributed by atoms with Gasteiger partial charge in [-0.25, -0.2) is 8.78 Å². The molecule has 4 heteroatoms. The topological polar surface area (TPSA) is 26.0 Å². The van der Waals surface area contributed by atoms with Crippen LogP contribution in [0, 0.1) is 18.6 Å². The van der Waals surface area contributed by atoms with Crippen LogP contribution in [0.15, 0.2) is 36.4 Å². The van der Waals surface area contributed by atoms with Crippen molar-refractivity contribution in [2.24, 2.45) is 5.73 Å². The van der Waals surface area contributed by atoms with Crippen LogP contribution in [-0.2, 0) is 0 Å². The second-order valence-corrected chi connectivity index (χ2v) is 4.50. The van der Waals surface area contributed by atoms with E-state index in [1.165, 1.54) is 12.1 Å². The number of hydrogen-bond donors (Lipinski definition) is 1. The molecule has 2 N–H and O–H groups in total. The van der Waals surface area contributed by atoms with Gasteiger partial charge in [-0.2, -0.15) is 0 Å². The minimum Gasteiger partial charge on any atom is -0.320 e. The van der Waals surface area contributed by atoms with Gasteiger partial charge in [0.2, 0.25) is 0 Å². The zero-order valence-electron chi connectivity index (χ0n) is 9.75. The molecule has 0 saturated carbocycles. The van der Waals surface area contributed by atoms with Gasteiger partial charge in [0.25, 0.3) is 0 Å². The molecule has 0 heterocycles. The van der Waals surface area contributed by atoms with E-state index in [2.05, 4.69) is 0 Å². The summed E-state index contributed by atoms with van der Waals surface area (Å²) in [6, 6.07) is 8.45. The molecule has 0 aliphatic rings. The summed E-state index contributed by atoms with van der Waals surface area (Å²) in [5.74, 6) is -1.28. The second kappa shape index (κ2) is 5.04. The first-order chi connectivity index (χ1) is 8.52. The summed E-state index contributed by atoms with van der Waals surface area (Å²) < 4.78 is 27.7. The standard InChI is InChI=1S/C14H12ClF2N/c1-8-6-7-11(16)12(13(8)17)14(18)9-4-2-3-5-10(9)15/h2-7,14H,18H2,1H3. The first kappa shape index (κ1) is 13.0. The number of rotatable bonds is 2. The van der Waals surface area contributed by atoms with Crippen molar-refractivity contribution in [3.63, 3.8) is 0 Å². The average Bonchev–Trinajstić information content (AvgIpc) is 2.35. The third-order valence-electron chi connectivity index (χ3n) is 2.87. The average molecular weight is 268 g/mol. The van der Waals surface area contributed by atoms with Crippen LogP contribution >= 0.6 is 11.6 Å². The molecule has 18 heavy (non-hydrogen) atoms. The molecule has 1 atom stereocenters. The number of benzene rings is 2. The van der Waals surface area contributed by atoms with E-state index in [-0.39, 0.29) is 5.56 Å². The molecule has 94 valence electrons. The normalized spacial score (nSPS) is 12.5. The highest BCUT2D eigenvalue weighted by Crippen LogP contribution is 2.30. The largest absolute Gasteiger partial charge is 0.320 e. The molecule has 0 fully saturated rings. The zero-order valence-corrected chi connectivity index (χ0v) is 10.5. The Morgan fingerprint density at radius 2 is 1.78 bits per heavy atom. The lowest BCUT2D eigenvalue weighted by atomic mass is 9.97. The Morgan fingerprint density at radius 1 is 1.11 bits per heavy atom. The van der Waals surface area contributed by atoms with Crippen LogP contribution in [0.1, 0.15) is 22.7 Å². The Morgan fingerprint density at radius 3 is 2.44 bits per heavy atom. The highest BCUT2D eigenvalue weighted by atomic mass is 35.5. The lowest BCUT2D eigenvalue weighted by molar-refractivity contribution is 0.538. The van der Waals surface area contributed by atoms with Gasteiger partial charge in [-0.05, 0) is 30.2 Å². The Bertz CT molecular complexity index is 584. The third kappa shape index (κ3) is 2.24. The van der Waals surface area contributed by atoms with Crippen molar-refractivity contribution in [1.82, 2.24) is 0 Å². The van der Waals surface area contributed by atoms with E-state index in [0.717, 1.165) is 0 Å². The molecule has 0 bridgehead atoms. The maximum Gasteiger partial charge on any atom is 0.134 e. The highest BCUT2D eigenvalue weighted by Gasteiger charge is 2.21. The molecule has 1 unspecified atom stereocenters. The van der Waals surface area contributed by atoms with E-state index in [9.17, 15) is 8.78 Å². The Balaban J connectivity index is 2.56. The smallest absolute Gasteiger partial charge is 0.134 e. The second-order valence-electron chi connectivity index (χ2n) is 4.09. The molecule has 0 saturated heterocycles. The van der Waals surface area contributed by atoms with Crippen LogP contribution in [-0.4, -0.2) is 0 Å². The van der Waals surface area contributed by atoms with Crippen LogP contribution in [0.3, 0.4) is 0 Å². The predicted molar refractivity (Wildman–Crippen MR) is 68.6 cm³/mol. The number of nitrogens with two attached hydrogens (primary N) is 1. The summed E-state index contributed by atoms with van der Waals surface area (Å²) in [5, 5.41) is 0.394.